The Morgan fingerprint density at radius 3 is 2.90 bits per heavy atom. The molecule has 1 aliphatic rings. The summed E-state index contributed by atoms with van der Waals surface area (Å²) in [7, 11) is 0. The number of rotatable bonds is 3. The summed E-state index contributed by atoms with van der Waals surface area (Å²) in [6.07, 6.45) is 3.26. The van der Waals surface area contributed by atoms with Gasteiger partial charge >= 0.3 is 5.97 Å². The van der Waals surface area contributed by atoms with Crippen LogP contribution in [0.4, 0.5) is 0 Å². The number of nitrogens with zero attached hydrogens (tertiary/aromatic N) is 2. The number of aromatic nitrogens is 1. The second-order valence-corrected chi connectivity index (χ2v) is 5.73. The molecule has 1 atom stereocenters. The molecule has 1 aromatic heterocycles. The lowest BCUT2D eigenvalue weighted by molar-refractivity contribution is -0.153. The molecule has 0 aliphatic carbocycles. The number of carboxylic acid groups (broad SMARTS) is 1. The summed E-state index contributed by atoms with van der Waals surface area (Å²) >= 11 is 0. The van der Waals surface area contributed by atoms with Crippen molar-refractivity contribution in [2.24, 2.45) is 5.41 Å². The highest BCUT2D eigenvalue weighted by molar-refractivity contribution is 5.81. The Morgan fingerprint density at radius 1 is 1.50 bits per heavy atom. The Kier molecular flexibility index (Phi) is 4.06. The molecule has 20 heavy (non-hydrogen) atoms. The van der Waals surface area contributed by atoms with Crippen LogP contribution < -0.4 is 0 Å². The summed E-state index contributed by atoms with van der Waals surface area (Å²) in [4.78, 5) is 29.5. The third-order valence-corrected chi connectivity index (χ3v) is 4.00. The number of piperidine rings is 1. The molecule has 1 amide bonds. The van der Waals surface area contributed by atoms with Crippen LogP contribution in [0.5, 0.6) is 0 Å². The van der Waals surface area contributed by atoms with Crippen LogP contribution in [0, 0.1) is 12.3 Å². The average molecular weight is 276 g/mol. The predicted octanol–water partition coefficient (Wildman–Crippen LogP) is 1.65. The maximum atomic E-state index is 12.3. The molecule has 0 radical (unpaired) electrons. The van der Waals surface area contributed by atoms with Crippen molar-refractivity contribution in [1.82, 2.24) is 9.88 Å². The van der Waals surface area contributed by atoms with Gasteiger partial charge in [-0.15, -0.1) is 0 Å². The van der Waals surface area contributed by atoms with Crippen molar-refractivity contribution in [3.63, 3.8) is 0 Å². The summed E-state index contributed by atoms with van der Waals surface area (Å²) in [5, 5.41) is 9.28. The Balaban J connectivity index is 2.06. The van der Waals surface area contributed by atoms with Crippen molar-refractivity contribution >= 4 is 11.9 Å². The molecule has 108 valence electrons. The van der Waals surface area contributed by atoms with Gasteiger partial charge in [0, 0.05) is 19.3 Å². The van der Waals surface area contributed by atoms with Crippen LogP contribution in [0.2, 0.25) is 0 Å². The van der Waals surface area contributed by atoms with Crippen molar-refractivity contribution in [3.05, 3.63) is 29.6 Å². The van der Waals surface area contributed by atoms with E-state index in [-0.39, 0.29) is 18.9 Å². The topological polar surface area (TPSA) is 70.5 Å². The largest absolute Gasteiger partial charge is 0.481 e. The van der Waals surface area contributed by atoms with Crippen LogP contribution in [0.25, 0.3) is 0 Å². The Morgan fingerprint density at radius 2 is 2.25 bits per heavy atom. The summed E-state index contributed by atoms with van der Waals surface area (Å²) in [5.41, 5.74) is 0.923. The van der Waals surface area contributed by atoms with Gasteiger partial charge < -0.3 is 10.0 Å². The van der Waals surface area contributed by atoms with Gasteiger partial charge in [0.05, 0.1) is 17.5 Å². The summed E-state index contributed by atoms with van der Waals surface area (Å²) in [5.74, 6) is -0.872. The zero-order chi connectivity index (χ0) is 14.8. The lowest BCUT2D eigenvalue weighted by atomic mass is 9.82. The van der Waals surface area contributed by atoms with Crippen LogP contribution in [-0.2, 0) is 16.0 Å². The van der Waals surface area contributed by atoms with Crippen molar-refractivity contribution in [1.29, 1.82) is 0 Å². The molecule has 2 heterocycles. The van der Waals surface area contributed by atoms with Crippen LogP contribution in [0.15, 0.2) is 18.3 Å². The number of carbonyl (C=O) groups excluding carboxylic acids is 1. The van der Waals surface area contributed by atoms with Gasteiger partial charge in [0.25, 0.3) is 0 Å². The van der Waals surface area contributed by atoms with E-state index in [0.29, 0.717) is 13.0 Å². The van der Waals surface area contributed by atoms with E-state index in [1.165, 1.54) is 0 Å². The number of carboxylic acids is 1. The van der Waals surface area contributed by atoms with E-state index in [0.717, 1.165) is 17.7 Å². The number of amides is 1. The first-order valence-corrected chi connectivity index (χ1v) is 6.84. The van der Waals surface area contributed by atoms with Crippen LogP contribution >= 0.6 is 0 Å². The molecule has 1 unspecified atom stereocenters. The van der Waals surface area contributed by atoms with Crippen LogP contribution in [0.3, 0.4) is 0 Å². The first kappa shape index (κ1) is 14.5. The van der Waals surface area contributed by atoms with E-state index < -0.39 is 11.4 Å². The molecule has 5 heteroatoms. The molecule has 1 aliphatic heterocycles. The number of hydrogen-bond acceptors (Lipinski definition) is 3. The number of aliphatic carboxylic acids is 1. The van der Waals surface area contributed by atoms with Gasteiger partial charge in [-0.05, 0) is 38.3 Å². The monoisotopic (exact) mass is 276 g/mol. The summed E-state index contributed by atoms with van der Waals surface area (Å²) < 4.78 is 0. The average Bonchev–Trinajstić information content (AvgIpc) is 2.41. The van der Waals surface area contributed by atoms with E-state index in [1.54, 1.807) is 18.0 Å². The summed E-state index contributed by atoms with van der Waals surface area (Å²) in [6.45, 7) is 4.55. The van der Waals surface area contributed by atoms with E-state index >= 15 is 0 Å². The van der Waals surface area contributed by atoms with Gasteiger partial charge in [0.15, 0.2) is 0 Å². The van der Waals surface area contributed by atoms with Gasteiger partial charge in [-0.1, -0.05) is 6.07 Å². The van der Waals surface area contributed by atoms with Crippen molar-refractivity contribution in [2.45, 2.75) is 33.1 Å². The lowest BCUT2D eigenvalue weighted by Crippen LogP contribution is -2.48. The third kappa shape index (κ3) is 2.98. The van der Waals surface area contributed by atoms with E-state index in [4.69, 9.17) is 0 Å². The van der Waals surface area contributed by atoms with Crippen molar-refractivity contribution in [3.8, 4) is 0 Å². The van der Waals surface area contributed by atoms with Crippen molar-refractivity contribution in [2.75, 3.05) is 13.1 Å². The highest BCUT2D eigenvalue weighted by atomic mass is 16.4. The minimum atomic E-state index is -0.830. The molecule has 0 bridgehead atoms. The van der Waals surface area contributed by atoms with E-state index in [1.807, 2.05) is 19.1 Å². The summed E-state index contributed by atoms with van der Waals surface area (Å²) in [6, 6.07) is 3.76. The molecule has 0 spiro atoms. The van der Waals surface area contributed by atoms with Gasteiger partial charge in [-0.25, -0.2) is 0 Å². The second-order valence-electron chi connectivity index (χ2n) is 5.73. The number of carbonyl (C=O) groups is 2. The molecule has 1 saturated heterocycles. The molecular formula is C15H20N2O3. The van der Waals surface area contributed by atoms with Crippen LogP contribution in [-0.4, -0.2) is 40.0 Å². The number of hydrogen-bond donors (Lipinski definition) is 1. The highest BCUT2D eigenvalue weighted by Gasteiger charge is 2.39. The Bertz CT molecular complexity index is 530. The molecule has 0 aromatic carbocycles. The highest BCUT2D eigenvalue weighted by Crippen LogP contribution is 2.30. The number of pyridine rings is 1. The van der Waals surface area contributed by atoms with Gasteiger partial charge in [0.1, 0.15) is 0 Å². The first-order valence-electron chi connectivity index (χ1n) is 6.84. The minimum absolute atomic E-state index is 0.0426. The van der Waals surface area contributed by atoms with Gasteiger partial charge in [0.2, 0.25) is 5.91 Å². The van der Waals surface area contributed by atoms with Crippen molar-refractivity contribution < 1.29 is 14.7 Å². The predicted molar refractivity (Wildman–Crippen MR) is 74.2 cm³/mol. The smallest absolute Gasteiger partial charge is 0.311 e. The molecule has 1 fully saturated rings. The van der Waals surface area contributed by atoms with Gasteiger partial charge in [-0.3, -0.25) is 14.6 Å². The maximum absolute atomic E-state index is 12.3. The molecule has 0 saturated carbocycles. The molecule has 1 aromatic rings. The fourth-order valence-corrected chi connectivity index (χ4v) is 2.59. The zero-order valence-corrected chi connectivity index (χ0v) is 11.9. The molecule has 5 nitrogen and oxygen atoms in total. The molecule has 2 rings (SSSR count). The van der Waals surface area contributed by atoms with Gasteiger partial charge in [-0.2, -0.15) is 0 Å². The lowest BCUT2D eigenvalue weighted by Gasteiger charge is -2.37. The van der Waals surface area contributed by atoms with E-state index in [9.17, 15) is 14.7 Å². The number of aryl methyl sites for hydroxylation is 1. The fraction of sp³-hybridized carbons (Fsp3) is 0.533. The minimum Gasteiger partial charge on any atom is -0.481 e. The Hall–Kier alpha value is -1.91. The Labute approximate surface area is 118 Å². The third-order valence-electron chi connectivity index (χ3n) is 4.00. The molecule has 1 N–H and O–H groups in total. The standard InChI is InChI=1S/C15H20N2O3/c1-11-5-3-7-16-12(11)9-13(18)17-8-4-6-15(2,10-17)14(19)20/h3,5,7H,4,6,8-10H2,1-2H3,(H,19,20). The van der Waals surface area contributed by atoms with E-state index in [2.05, 4.69) is 4.98 Å². The van der Waals surface area contributed by atoms with Crippen LogP contribution in [0.1, 0.15) is 31.0 Å². The zero-order valence-electron chi connectivity index (χ0n) is 11.9. The SMILES string of the molecule is Cc1cccnc1CC(=O)N1CCCC(C)(C(=O)O)C1. The second kappa shape index (κ2) is 5.61. The fourth-order valence-electron chi connectivity index (χ4n) is 2.59. The normalized spacial score (nSPS) is 22.6. The quantitative estimate of drug-likeness (QED) is 0.911. The maximum Gasteiger partial charge on any atom is 0.311 e. The first-order chi connectivity index (χ1) is 9.42. The molecular weight excluding hydrogens is 256 g/mol. The number of likely N-dealkylation sites (tertiary alicyclic amines) is 1.